The normalized spacial score (nSPS) is 14.1. The van der Waals surface area contributed by atoms with E-state index in [1.165, 1.54) is 11.4 Å². The van der Waals surface area contributed by atoms with Gasteiger partial charge in [-0.2, -0.15) is 9.97 Å². The molecule has 2 amide bonds. The Morgan fingerprint density at radius 3 is 1.21 bits per heavy atom. The van der Waals surface area contributed by atoms with Crippen LogP contribution in [0.4, 0.5) is 38.0 Å². The summed E-state index contributed by atoms with van der Waals surface area (Å²) in [5.41, 5.74) is 12.0. The van der Waals surface area contributed by atoms with Gasteiger partial charge in [-0.05, 0) is 213 Å². The van der Waals surface area contributed by atoms with Crippen LogP contribution in [-0.2, 0) is 9.47 Å². The van der Waals surface area contributed by atoms with Crippen molar-refractivity contribution in [2.75, 3.05) is 117 Å². The number of furan rings is 4. The van der Waals surface area contributed by atoms with Crippen molar-refractivity contribution in [3.8, 4) is 28.2 Å². The second kappa shape index (κ2) is 38.5. The predicted octanol–water partition coefficient (Wildman–Crippen LogP) is 21.0. The Bertz CT molecular complexity index is 6530. The lowest BCUT2D eigenvalue weighted by Gasteiger charge is -2.38. The third kappa shape index (κ3) is 19.4. The van der Waals surface area contributed by atoms with Gasteiger partial charge in [0.15, 0.2) is 22.7 Å². The number of anilines is 5. The highest BCUT2D eigenvalue weighted by Crippen LogP contribution is 2.41. The Hall–Kier alpha value is -11.9. The lowest BCUT2D eigenvalue weighted by atomic mass is 10.1. The van der Waals surface area contributed by atoms with Crippen molar-refractivity contribution < 1.29 is 46.3 Å². The molecular formula is C94H90BrCl4N13O12. The Kier molecular flexibility index (Phi) is 27.0. The fraction of sp³-hybridized carbons (Fsp3) is 0.266. The van der Waals surface area contributed by atoms with E-state index in [1.54, 1.807) is 140 Å². The number of carbonyl (C=O) groups excluding carboxylic acids is 4. The molecule has 3 fully saturated rings. The quantitative estimate of drug-likeness (QED) is 0.0714. The zero-order chi connectivity index (χ0) is 87.1. The molecule has 18 rings (SSSR count). The number of ether oxygens (including phenoxy) is 2. The molecule has 0 bridgehead atoms. The SMILES string of the molecule is CC(C)N1CCN(c2ccc(-c3nc(=O)[nH]c4c3oc3ccc(Cl)cc34)cc2)CC1.CC(C)N1CCN(c2ccc(-c3nc(=O)n(-c4ccncc4)c4c3oc3ccc(Cl)cc34)cc2)CC1.CCOC(=O)Nc1c(C(=O)c2ccc(Br)cc2)oc2ccc(Cl)cc12.CCOC(=O)Nc1c(C(=O)c2ccc(N3CCN(C(C)C)CC3)cc2)oc2ccc(Cl)cc12. The summed E-state index contributed by atoms with van der Waals surface area (Å²) < 4.78 is 36.1. The van der Waals surface area contributed by atoms with Crippen molar-refractivity contribution in [3.63, 3.8) is 0 Å². The molecule has 7 aromatic heterocycles. The number of aromatic nitrogens is 5. The Morgan fingerprint density at radius 1 is 0.435 bits per heavy atom. The molecule has 15 aromatic rings. The first-order valence-corrected chi connectivity index (χ1v) is 43.3. The van der Waals surface area contributed by atoms with Crippen molar-refractivity contribution in [2.45, 2.75) is 73.5 Å². The molecule has 0 radical (unpaired) electrons. The number of hydrogen-bond donors (Lipinski definition) is 3. The van der Waals surface area contributed by atoms with Crippen LogP contribution in [0, 0.1) is 0 Å². The minimum absolute atomic E-state index is 0.0210. The summed E-state index contributed by atoms with van der Waals surface area (Å²) in [5.74, 6) is -0.622. The van der Waals surface area contributed by atoms with Crippen molar-refractivity contribution >= 4 is 181 Å². The zero-order valence-electron chi connectivity index (χ0n) is 69.4. The number of nitrogens with zero attached hydrogens (tertiary/aromatic N) is 10. The number of nitrogens with one attached hydrogen (secondary N) is 3. The van der Waals surface area contributed by atoms with Crippen molar-refractivity contribution in [1.29, 1.82) is 0 Å². The second-order valence-corrected chi connectivity index (χ2v) is 33.4. The number of amides is 2. The first kappa shape index (κ1) is 87.1. The molecule has 3 N–H and O–H groups in total. The van der Waals surface area contributed by atoms with Gasteiger partial charge in [-0.3, -0.25) is 44.5 Å². The summed E-state index contributed by atoms with van der Waals surface area (Å²) in [6.07, 6.45) is 1.97. The van der Waals surface area contributed by atoms with Crippen LogP contribution in [0.15, 0.2) is 226 Å². The number of fused-ring (bicyclic) bond motifs is 8. The van der Waals surface area contributed by atoms with Crippen LogP contribution < -0.4 is 36.7 Å². The number of ketones is 2. The van der Waals surface area contributed by atoms with Crippen LogP contribution in [0.1, 0.15) is 87.6 Å². The van der Waals surface area contributed by atoms with Crippen LogP contribution in [0.25, 0.3) is 94.3 Å². The lowest BCUT2D eigenvalue weighted by Crippen LogP contribution is -2.48. The Morgan fingerprint density at radius 2 is 0.798 bits per heavy atom. The maximum Gasteiger partial charge on any atom is 0.411 e. The van der Waals surface area contributed by atoms with E-state index < -0.39 is 17.9 Å². The molecule has 25 nitrogen and oxygen atoms in total. The third-order valence-corrected chi connectivity index (χ3v) is 23.6. The average molecular weight is 1820 g/mol. The molecule has 0 saturated carbocycles. The largest absolute Gasteiger partial charge is 0.452 e. The standard InChI is InChI=1S/C28H26ClN5O2.C25H28ClN3O4.C23H23ClN4O2.C18H13BrClNO4/c1-18(2)32-13-15-33(16-14-32)21-6-3-19(4-7-21)25-27-26(23-17-20(29)5-8-24(23)36-27)34(28(35)31-25)22-9-11-30-12-10-22;1-4-32-25(31)27-22-20-15-18(26)7-10-21(20)33-24(22)23(30)17-5-8-19(9-6-17)29-13-11-28(12-14-29)16(2)3;1-14(2)27-9-11-28(12-10-27)17-6-3-15(4-7-17)20-22-21(26-23(29)25-20)18-13-16(24)5-8-19(18)30-22;1-2-24-18(23)21-15-13-9-12(20)7-8-14(13)25-17(15)16(22)10-3-5-11(19)6-4-10/h3-12,17-18H,13-16H2,1-2H3;5-10,15-16H,4,11-14H2,1-3H3,(H,27,31);3-8,13-14H,9-12H2,1-2H3,(H,25,26,29);3-9H,2H2,1H3,(H,21,23). The summed E-state index contributed by atoms with van der Waals surface area (Å²) >= 11 is 28.0. The molecule has 124 heavy (non-hydrogen) atoms. The second-order valence-electron chi connectivity index (χ2n) is 30.8. The van der Waals surface area contributed by atoms with Crippen molar-refractivity contribution in [1.82, 2.24) is 39.2 Å². The minimum atomic E-state index is -0.671. The Balaban J connectivity index is 0.000000129. The summed E-state index contributed by atoms with van der Waals surface area (Å²) in [4.78, 5) is 106. The van der Waals surface area contributed by atoms with E-state index in [4.69, 9.17) is 73.5 Å². The fourth-order valence-electron chi connectivity index (χ4n) is 15.6. The van der Waals surface area contributed by atoms with E-state index in [1.807, 2.05) is 48.5 Å². The maximum absolute atomic E-state index is 13.4. The molecule has 3 aliphatic rings. The van der Waals surface area contributed by atoms with Crippen LogP contribution >= 0.6 is 62.3 Å². The van der Waals surface area contributed by atoms with E-state index in [9.17, 15) is 28.8 Å². The summed E-state index contributed by atoms with van der Waals surface area (Å²) in [6, 6.07) is 56.7. The van der Waals surface area contributed by atoms with E-state index >= 15 is 0 Å². The van der Waals surface area contributed by atoms with Gasteiger partial charge in [0, 0.05) is 194 Å². The number of halogens is 5. The molecule has 0 spiro atoms. The monoisotopic (exact) mass is 1810 g/mol. The molecule has 638 valence electrons. The van der Waals surface area contributed by atoms with Gasteiger partial charge in [0.05, 0.1) is 24.4 Å². The third-order valence-electron chi connectivity index (χ3n) is 22.2. The highest BCUT2D eigenvalue weighted by atomic mass is 79.9. The summed E-state index contributed by atoms with van der Waals surface area (Å²) in [5, 5.41) is 9.91. The fourth-order valence-corrected chi connectivity index (χ4v) is 16.5. The number of piperazine rings is 3. The molecule has 8 aromatic carbocycles. The van der Waals surface area contributed by atoms with E-state index in [-0.39, 0.29) is 53.4 Å². The van der Waals surface area contributed by atoms with Crippen LogP contribution in [-0.4, -0.2) is 173 Å². The molecule has 3 saturated heterocycles. The molecule has 3 aliphatic heterocycles. The first-order chi connectivity index (χ1) is 59.8. The number of aromatic amines is 1. The number of H-pyrrole nitrogens is 1. The van der Waals surface area contributed by atoms with Crippen molar-refractivity contribution in [3.05, 3.63) is 263 Å². The molecule has 10 heterocycles. The highest BCUT2D eigenvalue weighted by molar-refractivity contribution is 9.10. The molecular weight excluding hydrogens is 1720 g/mol. The average Bonchev–Trinajstić information content (AvgIpc) is 1.60. The van der Waals surface area contributed by atoms with Gasteiger partial charge in [0.1, 0.15) is 50.6 Å². The maximum atomic E-state index is 13.4. The predicted molar refractivity (Wildman–Crippen MR) is 496 cm³/mol. The summed E-state index contributed by atoms with van der Waals surface area (Å²) in [6.45, 7) is 29.4. The number of carbonyl (C=O) groups is 4. The van der Waals surface area contributed by atoms with Crippen LogP contribution in [0.3, 0.4) is 0 Å². The van der Waals surface area contributed by atoms with Gasteiger partial charge in [0.2, 0.25) is 11.6 Å². The highest BCUT2D eigenvalue weighted by Gasteiger charge is 2.30. The molecule has 0 atom stereocenters. The van der Waals surface area contributed by atoms with Crippen LogP contribution in [0.5, 0.6) is 0 Å². The van der Waals surface area contributed by atoms with E-state index in [0.717, 1.165) is 111 Å². The lowest BCUT2D eigenvalue weighted by molar-refractivity contribution is 0.100. The Labute approximate surface area is 742 Å². The number of pyridine rings is 1. The summed E-state index contributed by atoms with van der Waals surface area (Å²) in [7, 11) is 0. The zero-order valence-corrected chi connectivity index (χ0v) is 74.0. The molecule has 0 unspecified atom stereocenters. The van der Waals surface area contributed by atoms with E-state index in [2.05, 4.69) is 142 Å². The van der Waals surface area contributed by atoms with E-state index in [0.29, 0.717) is 122 Å². The topological polar surface area (TPSA) is 276 Å². The molecule has 0 aliphatic carbocycles. The van der Waals surface area contributed by atoms with Gasteiger partial charge in [0.25, 0.3) is 0 Å². The van der Waals surface area contributed by atoms with Gasteiger partial charge in [-0.25, -0.2) is 19.2 Å². The van der Waals surface area contributed by atoms with Gasteiger partial charge < -0.3 is 46.8 Å². The van der Waals surface area contributed by atoms with Crippen molar-refractivity contribution in [2.24, 2.45) is 0 Å². The number of rotatable bonds is 17. The van der Waals surface area contributed by atoms with Gasteiger partial charge in [-0.1, -0.05) is 86.6 Å². The van der Waals surface area contributed by atoms with Gasteiger partial charge in [-0.15, -0.1) is 0 Å². The van der Waals surface area contributed by atoms with Crippen LogP contribution in [0.2, 0.25) is 20.1 Å². The smallest absolute Gasteiger partial charge is 0.411 e. The first-order valence-electron chi connectivity index (χ1n) is 41.0. The molecule has 30 heteroatoms. The van der Waals surface area contributed by atoms with Gasteiger partial charge >= 0.3 is 23.6 Å². The minimum Gasteiger partial charge on any atom is -0.452 e. The number of benzene rings is 8. The number of hydrogen-bond acceptors (Lipinski definition) is 21.